The molecule has 0 N–H and O–H groups in total. The van der Waals surface area contributed by atoms with E-state index in [0.717, 1.165) is 10.8 Å². The Labute approximate surface area is 134 Å². The average Bonchev–Trinajstić information content (AvgIpc) is 2.61. The number of piperidine rings is 1. The van der Waals surface area contributed by atoms with E-state index in [0.29, 0.717) is 38.1 Å². The van der Waals surface area contributed by atoms with Crippen LogP contribution in [-0.2, 0) is 9.53 Å². The number of hydrogen-bond acceptors (Lipinski definition) is 5. The Balaban J connectivity index is 1.67. The molecule has 3 rings (SSSR count). The Bertz CT molecular complexity index is 724. The third-order valence-electron chi connectivity index (χ3n) is 4.20. The number of aromatic nitrogens is 2. The van der Waals surface area contributed by atoms with Gasteiger partial charge in [0.1, 0.15) is 0 Å². The predicted octanol–water partition coefficient (Wildman–Crippen LogP) is 2.05. The van der Waals surface area contributed by atoms with Crippen molar-refractivity contribution in [2.24, 2.45) is 5.92 Å². The second kappa shape index (κ2) is 6.73. The molecule has 1 saturated heterocycles. The lowest BCUT2D eigenvalue weighted by molar-refractivity contribution is -0.149. The molecule has 0 radical (unpaired) electrons. The van der Waals surface area contributed by atoms with Crippen LogP contribution in [0.3, 0.4) is 0 Å². The Morgan fingerprint density at radius 3 is 2.57 bits per heavy atom. The smallest absolute Gasteiger partial charge is 0.309 e. The number of nitrogens with zero attached hydrogens (tertiary/aromatic N) is 3. The maximum atomic E-state index is 12.6. The van der Waals surface area contributed by atoms with Crippen molar-refractivity contribution in [3.05, 3.63) is 36.2 Å². The number of ether oxygens (including phenoxy) is 1. The molecule has 1 aliphatic heterocycles. The molecule has 0 saturated carbocycles. The van der Waals surface area contributed by atoms with E-state index >= 15 is 0 Å². The van der Waals surface area contributed by atoms with Crippen molar-refractivity contribution in [2.75, 3.05) is 19.7 Å². The number of carbonyl (C=O) groups is 2. The van der Waals surface area contributed by atoms with Crippen LogP contribution in [0.2, 0.25) is 0 Å². The fraction of sp³-hybridized carbons (Fsp3) is 0.412. The lowest BCUT2D eigenvalue weighted by Crippen LogP contribution is -2.40. The van der Waals surface area contributed by atoms with Gasteiger partial charge in [0.25, 0.3) is 5.91 Å². The first-order valence-corrected chi connectivity index (χ1v) is 7.85. The van der Waals surface area contributed by atoms with Gasteiger partial charge in [0.05, 0.1) is 24.9 Å². The zero-order valence-electron chi connectivity index (χ0n) is 13.1. The van der Waals surface area contributed by atoms with Crippen molar-refractivity contribution < 1.29 is 14.3 Å². The molecule has 0 atom stereocenters. The Kier molecular flexibility index (Phi) is 4.50. The van der Waals surface area contributed by atoms with E-state index in [4.69, 9.17) is 4.74 Å². The van der Waals surface area contributed by atoms with Crippen LogP contribution in [0.25, 0.3) is 10.8 Å². The average molecular weight is 313 g/mol. The van der Waals surface area contributed by atoms with E-state index in [9.17, 15) is 9.59 Å². The van der Waals surface area contributed by atoms with Crippen LogP contribution in [0.5, 0.6) is 0 Å². The predicted molar refractivity (Wildman–Crippen MR) is 84.8 cm³/mol. The zero-order chi connectivity index (χ0) is 16.2. The summed E-state index contributed by atoms with van der Waals surface area (Å²) in [6.07, 6.45) is 4.64. The number of fused-ring (bicyclic) bond motifs is 1. The quantitative estimate of drug-likeness (QED) is 0.811. The van der Waals surface area contributed by atoms with Crippen molar-refractivity contribution in [2.45, 2.75) is 19.8 Å². The minimum absolute atomic E-state index is 0.00831. The molecule has 2 heterocycles. The first-order valence-electron chi connectivity index (χ1n) is 7.85. The van der Waals surface area contributed by atoms with E-state index in [1.54, 1.807) is 24.2 Å². The fourth-order valence-corrected chi connectivity index (χ4v) is 2.89. The number of carbonyl (C=O) groups excluding carboxylic acids is 2. The molecule has 1 fully saturated rings. The topological polar surface area (TPSA) is 72.4 Å². The Hall–Kier alpha value is -2.50. The molecule has 6 heteroatoms. The minimum Gasteiger partial charge on any atom is -0.466 e. The second-order valence-electron chi connectivity index (χ2n) is 5.65. The van der Waals surface area contributed by atoms with Gasteiger partial charge in [0, 0.05) is 29.4 Å². The molecule has 23 heavy (non-hydrogen) atoms. The molecule has 0 unspecified atom stereocenters. The third kappa shape index (κ3) is 3.31. The monoisotopic (exact) mass is 313 g/mol. The molecule has 6 nitrogen and oxygen atoms in total. The van der Waals surface area contributed by atoms with Crippen LogP contribution >= 0.6 is 0 Å². The van der Waals surface area contributed by atoms with Crippen LogP contribution in [0.4, 0.5) is 0 Å². The summed E-state index contributed by atoms with van der Waals surface area (Å²) in [6, 6.07) is 5.52. The number of amides is 1. The first kappa shape index (κ1) is 15.4. The highest BCUT2D eigenvalue weighted by molar-refractivity contribution is 5.98. The van der Waals surface area contributed by atoms with Crippen molar-refractivity contribution in [1.29, 1.82) is 0 Å². The minimum atomic E-state index is -0.149. The largest absolute Gasteiger partial charge is 0.466 e. The molecule has 1 amide bonds. The highest BCUT2D eigenvalue weighted by Crippen LogP contribution is 2.21. The fourth-order valence-electron chi connectivity index (χ4n) is 2.89. The van der Waals surface area contributed by atoms with Gasteiger partial charge in [0.2, 0.25) is 0 Å². The van der Waals surface area contributed by atoms with Gasteiger partial charge in [-0.25, -0.2) is 0 Å². The van der Waals surface area contributed by atoms with Crippen molar-refractivity contribution in [3.8, 4) is 0 Å². The molecule has 1 aliphatic rings. The number of esters is 1. The van der Waals surface area contributed by atoms with Crippen molar-refractivity contribution in [3.63, 3.8) is 0 Å². The van der Waals surface area contributed by atoms with E-state index in [1.165, 1.54) is 0 Å². The lowest BCUT2D eigenvalue weighted by atomic mass is 9.96. The van der Waals surface area contributed by atoms with Gasteiger partial charge in [-0.15, -0.1) is 0 Å². The molecule has 0 spiro atoms. The maximum absolute atomic E-state index is 12.6. The molecule has 0 aliphatic carbocycles. The van der Waals surface area contributed by atoms with E-state index in [2.05, 4.69) is 10.2 Å². The maximum Gasteiger partial charge on any atom is 0.309 e. The van der Waals surface area contributed by atoms with Crippen LogP contribution < -0.4 is 0 Å². The number of benzene rings is 1. The van der Waals surface area contributed by atoms with Crippen LogP contribution in [0, 0.1) is 5.92 Å². The molecular formula is C17H19N3O3. The van der Waals surface area contributed by atoms with Gasteiger partial charge < -0.3 is 9.64 Å². The van der Waals surface area contributed by atoms with Gasteiger partial charge in [0.15, 0.2) is 0 Å². The SMILES string of the molecule is CCOC(=O)C1CCN(C(=O)c2ccc3cnncc3c2)CC1. The number of hydrogen-bond donors (Lipinski definition) is 0. The third-order valence-corrected chi connectivity index (χ3v) is 4.20. The highest BCUT2D eigenvalue weighted by Gasteiger charge is 2.28. The summed E-state index contributed by atoms with van der Waals surface area (Å²) in [6.45, 7) is 3.36. The summed E-state index contributed by atoms with van der Waals surface area (Å²) in [7, 11) is 0. The first-order chi connectivity index (χ1) is 11.2. The number of likely N-dealkylation sites (tertiary alicyclic amines) is 1. The molecule has 120 valence electrons. The van der Waals surface area contributed by atoms with Crippen LogP contribution in [-0.4, -0.2) is 46.7 Å². The van der Waals surface area contributed by atoms with Gasteiger partial charge in [-0.1, -0.05) is 6.07 Å². The van der Waals surface area contributed by atoms with Gasteiger partial charge in [-0.2, -0.15) is 10.2 Å². The highest BCUT2D eigenvalue weighted by atomic mass is 16.5. The van der Waals surface area contributed by atoms with E-state index in [-0.39, 0.29) is 17.8 Å². The summed E-state index contributed by atoms with van der Waals surface area (Å²) in [5.74, 6) is -0.249. The molecule has 1 aromatic carbocycles. The zero-order valence-corrected chi connectivity index (χ0v) is 13.1. The summed E-state index contributed by atoms with van der Waals surface area (Å²) in [4.78, 5) is 26.2. The van der Waals surface area contributed by atoms with Gasteiger partial charge in [-0.05, 0) is 31.9 Å². The summed E-state index contributed by atoms with van der Waals surface area (Å²) in [5, 5.41) is 9.53. The van der Waals surface area contributed by atoms with Crippen molar-refractivity contribution in [1.82, 2.24) is 15.1 Å². The molecular weight excluding hydrogens is 294 g/mol. The lowest BCUT2D eigenvalue weighted by Gasteiger charge is -2.31. The van der Waals surface area contributed by atoms with Crippen LogP contribution in [0.15, 0.2) is 30.6 Å². The molecule has 0 bridgehead atoms. The van der Waals surface area contributed by atoms with Crippen LogP contribution in [0.1, 0.15) is 30.1 Å². The normalized spacial score (nSPS) is 15.6. The van der Waals surface area contributed by atoms with E-state index in [1.807, 2.05) is 18.2 Å². The molecule has 1 aromatic heterocycles. The Morgan fingerprint density at radius 2 is 1.87 bits per heavy atom. The second-order valence-corrected chi connectivity index (χ2v) is 5.65. The summed E-state index contributed by atoms with van der Waals surface area (Å²) >= 11 is 0. The number of rotatable bonds is 3. The molecule has 2 aromatic rings. The Morgan fingerprint density at radius 1 is 1.17 bits per heavy atom. The van der Waals surface area contributed by atoms with Gasteiger partial charge >= 0.3 is 5.97 Å². The summed E-state index contributed by atoms with van der Waals surface area (Å²) < 4.78 is 5.05. The van der Waals surface area contributed by atoms with Crippen molar-refractivity contribution >= 4 is 22.6 Å². The van der Waals surface area contributed by atoms with Gasteiger partial charge in [-0.3, -0.25) is 9.59 Å². The van der Waals surface area contributed by atoms with E-state index < -0.39 is 0 Å². The summed E-state index contributed by atoms with van der Waals surface area (Å²) in [5.41, 5.74) is 0.639. The standard InChI is InChI=1S/C17H19N3O3/c1-2-23-17(22)12-5-7-20(8-6-12)16(21)13-3-4-14-10-18-19-11-15(14)9-13/h3-4,9-12H,2,5-8H2,1H3.